The van der Waals surface area contributed by atoms with E-state index in [4.69, 9.17) is 5.73 Å². The van der Waals surface area contributed by atoms with Gasteiger partial charge in [-0.15, -0.1) is 11.3 Å². The molecule has 0 atom stereocenters. The minimum Gasteiger partial charge on any atom is -0.330 e. The lowest BCUT2D eigenvalue weighted by atomic mass is 10.2. The minimum absolute atomic E-state index is 0.156. The van der Waals surface area contributed by atoms with Crippen LogP contribution in [0, 0.1) is 6.92 Å². The molecule has 1 heterocycles. The topological polar surface area (TPSA) is 56.0 Å². The number of carbonyl (C=O) groups is 1. The van der Waals surface area contributed by atoms with Gasteiger partial charge in [0, 0.05) is 11.3 Å². The Bertz CT molecular complexity index is 320. The van der Waals surface area contributed by atoms with Gasteiger partial charge in [0.15, 0.2) is 10.8 Å². The molecule has 78 valence electrons. The predicted octanol–water partition coefficient (Wildman–Crippen LogP) is 1.94. The SMILES string of the molecule is CCCC(=O)c1nc(C)c(CCN)s1. The summed E-state index contributed by atoms with van der Waals surface area (Å²) < 4.78 is 0. The number of Topliss-reactive ketones (excluding diaryl/α,β-unsaturated/α-hetero) is 1. The van der Waals surface area contributed by atoms with Crippen LogP contribution < -0.4 is 5.73 Å². The fraction of sp³-hybridized carbons (Fsp3) is 0.600. The van der Waals surface area contributed by atoms with E-state index in [0.29, 0.717) is 18.0 Å². The van der Waals surface area contributed by atoms with Gasteiger partial charge in [0.05, 0.1) is 5.69 Å². The molecule has 1 aromatic heterocycles. The van der Waals surface area contributed by atoms with Crippen LogP contribution in [0.3, 0.4) is 0 Å². The van der Waals surface area contributed by atoms with Crippen LogP contribution in [-0.4, -0.2) is 17.3 Å². The molecule has 0 spiro atoms. The summed E-state index contributed by atoms with van der Waals surface area (Å²) in [4.78, 5) is 16.9. The highest BCUT2D eigenvalue weighted by atomic mass is 32.1. The van der Waals surface area contributed by atoms with E-state index in [1.807, 2.05) is 13.8 Å². The van der Waals surface area contributed by atoms with Gasteiger partial charge in [-0.3, -0.25) is 4.79 Å². The number of ketones is 1. The first-order valence-electron chi connectivity index (χ1n) is 4.88. The van der Waals surface area contributed by atoms with Crippen molar-refractivity contribution in [1.82, 2.24) is 4.98 Å². The smallest absolute Gasteiger partial charge is 0.191 e. The largest absolute Gasteiger partial charge is 0.330 e. The number of hydrogen-bond donors (Lipinski definition) is 1. The molecule has 1 rings (SSSR count). The fourth-order valence-corrected chi connectivity index (χ4v) is 2.29. The van der Waals surface area contributed by atoms with Crippen LogP contribution in [0.4, 0.5) is 0 Å². The van der Waals surface area contributed by atoms with Gasteiger partial charge in [0.25, 0.3) is 0 Å². The summed E-state index contributed by atoms with van der Waals surface area (Å²) >= 11 is 1.49. The third kappa shape index (κ3) is 2.62. The monoisotopic (exact) mass is 212 g/mol. The molecule has 0 aliphatic heterocycles. The number of aromatic nitrogens is 1. The second-order valence-corrected chi connectivity index (χ2v) is 4.32. The van der Waals surface area contributed by atoms with Crippen molar-refractivity contribution in [2.24, 2.45) is 5.73 Å². The van der Waals surface area contributed by atoms with Crippen LogP contribution >= 0.6 is 11.3 Å². The lowest BCUT2D eigenvalue weighted by Gasteiger charge is -1.91. The lowest BCUT2D eigenvalue weighted by Crippen LogP contribution is -2.01. The Morgan fingerprint density at radius 2 is 2.29 bits per heavy atom. The molecule has 14 heavy (non-hydrogen) atoms. The maximum atomic E-state index is 11.5. The molecule has 0 amide bonds. The van der Waals surface area contributed by atoms with Crippen molar-refractivity contribution in [3.05, 3.63) is 15.6 Å². The van der Waals surface area contributed by atoms with Crippen LogP contribution in [0.1, 0.15) is 40.1 Å². The molecule has 2 N–H and O–H groups in total. The average Bonchev–Trinajstić information content (AvgIpc) is 2.49. The van der Waals surface area contributed by atoms with E-state index in [0.717, 1.165) is 23.4 Å². The molecular formula is C10H16N2OS. The molecule has 1 aromatic rings. The van der Waals surface area contributed by atoms with E-state index >= 15 is 0 Å². The number of thiazole rings is 1. The van der Waals surface area contributed by atoms with Gasteiger partial charge in [-0.05, 0) is 26.3 Å². The summed E-state index contributed by atoms with van der Waals surface area (Å²) in [6.45, 7) is 4.55. The van der Waals surface area contributed by atoms with Crippen LogP contribution in [-0.2, 0) is 6.42 Å². The van der Waals surface area contributed by atoms with Crippen LogP contribution in [0.25, 0.3) is 0 Å². The van der Waals surface area contributed by atoms with E-state index in [9.17, 15) is 4.79 Å². The first-order valence-corrected chi connectivity index (χ1v) is 5.70. The van der Waals surface area contributed by atoms with Crippen molar-refractivity contribution in [3.8, 4) is 0 Å². The summed E-state index contributed by atoms with van der Waals surface area (Å²) in [6.07, 6.45) is 2.29. The van der Waals surface area contributed by atoms with Crippen molar-refractivity contribution in [1.29, 1.82) is 0 Å². The number of aryl methyl sites for hydroxylation is 1. The Morgan fingerprint density at radius 1 is 1.57 bits per heavy atom. The van der Waals surface area contributed by atoms with Crippen molar-refractivity contribution >= 4 is 17.1 Å². The second kappa shape index (κ2) is 5.22. The Labute approximate surface area is 88.3 Å². The molecule has 4 heteroatoms. The molecule has 0 aliphatic carbocycles. The molecule has 0 bridgehead atoms. The molecule has 3 nitrogen and oxygen atoms in total. The van der Waals surface area contributed by atoms with Gasteiger partial charge < -0.3 is 5.73 Å². The van der Waals surface area contributed by atoms with Crippen LogP contribution in [0.15, 0.2) is 0 Å². The van der Waals surface area contributed by atoms with Crippen molar-refractivity contribution in [3.63, 3.8) is 0 Å². The number of rotatable bonds is 5. The zero-order valence-corrected chi connectivity index (χ0v) is 9.49. The first kappa shape index (κ1) is 11.3. The molecule has 0 saturated carbocycles. The van der Waals surface area contributed by atoms with E-state index in [2.05, 4.69) is 4.98 Å². The Balaban J connectivity index is 2.79. The zero-order valence-electron chi connectivity index (χ0n) is 8.67. The predicted molar refractivity (Wildman–Crippen MR) is 58.8 cm³/mol. The summed E-state index contributed by atoms with van der Waals surface area (Å²) in [5, 5.41) is 0.646. The van der Waals surface area contributed by atoms with E-state index in [1.54, 1.807) is 0 Å². The molecule has 0 fully saturated rings. The van der Waals surface area contributed by atoms with Crippen LogP contribution in [0.5, 0.6) is 0 Å². The Hall–Kier alpha value is -0.740. The van der Waals surface area contributed by atoms with Gasteiger partial charge >= 0.3 is 0 Å². The van der Waals surface area contributed by atoms with Crippen molar-refractivity contribution in [2.75, 3.05) is 6.54 Å². The summed E-state index contributed by atoms with van der Waals surface area (Å²) in [6, 6.07) is 0. The van der Waals surface area contributed by atoms with Gasteiger partial charge in [-0.25, -0.2) is 4.98 Å². The highest BCUT2D eigenvalue weighted by molar-refractivity contribution is 7.13. The molecule has 0 aromatic carbocycles. The highest BCUT2D eigenvalue weighted by Crippen LogP contribution is 2.19. The van der Waals surface area contributed by atoms with Crippen molar-refractivity contribution in [2.45, 2.75) is 33.1 Å². The van der Waals surface area contributed by atoms with Crippen LogP contribution in [0.2, 0.25) is 0 Å². The maximum Gasteiger partial charge on any atom is 0.191 e. The standard InChI is InChI=1S/C10H16N2OS/c1-3-4-8(13)10-12-7(2)9(14-10)5-6-11/h3-6,11H2,1-2H3. The van der Waals surface area contributed by atoms with Crippen molar-refractivity contribution < 1.29 is 4.79 Å². The normalized spacial score (nSPS) is 10.5. The minimum atomic E-state index is 0.156. The maximum absolute atomic E-state index is 11.5. The van der Waals surface area contributed by atoms with Gasteiger partial charge in [-0.2, -0.15) is 0 Å². The lowest BCUT2D eigenvalue weighted by molar-refractivity contribution is 0.0981. The van der Waals surface area contributed by atoms with Gasteiger partial charge in [-0.1, -0.05) is 6.92 Å². The molecule has 0 radical (unpaired) electrons. The Kier molecular flexibility index (Phi) is 4.22. The number of hydrogen-bond acceptors (Lipinski definition) is 4. The van der Waals surface area contributed by atoms with E-state index in [1.165, 1.54) is 11.3 Å². The molecule has 0 unspecified atom stereocenters. The third-order valence-electron chi connectivity index (χ3n) is 1.98. The first-order chi connectivity index (χ1) is 6.69. The molecule has 0 aliphatic rings. The second-order valence-electron chi connectivity index (χ2n) is 3.24. The zero-order chi connectivity index (χ0) is 10.6. The fourth-order valence-electron chi connectivity index (χ4n) is 1.24. The Morgan fingerprint density at radius 3 is 2.86 bits per heavy atom. The summed E-state index contributed by atoms with van der Waals surface area (Å²) in [5.74, 6) is 0.156. The number of carbonyl (C=O) groups excluding carboxylic acids is 1. The molecular weight excluding hydrogens is 196 g/mol. The van der Waals surface area contributed by atoms with E-state index in [-0.39, 0.29) is 5.78 Å². The van der Waals surface area contributed by atoms with Gasteiger partial charge in [0.1, 0.15) is 0 Å². The van der Waals surface area contributed by atoms with Gasteiger partial charge in [0.2, 0.25) is 0 Å². The average molecular weight is 212 g/mol. The molecule has 0 saturated heterocycles. The quantitative estimate of drug-likeness (QED) is 0.759. The number of nitrogens with zero attached hydrogens (tertiary/aromatic N) is 1. The third-order valence-corrected chi connectivity index (χ3v) is 3.24. The van der Waals surface area contributed by atoms with E-state index < -0.39 is 0 Å². The summed E-state index contributed by atoms with van der Waals surface area (Å²) in [5.41, 5.74) is 6.43. The number of nitrogens with two attached hydrogens (primary N) is 1. The summed E-state index contributed by atoms with van der Waals surface area (Å²) in [7, 11) is 0. The highest BCUT2D eigenvalue weighted by Gasteiger charge is 2.12.